The SMILES string of the molecule is CCCNCCCOc1ccccc1Br. The topological polar surface area (TPSA) is 21.3 Å². The molecule has 1 rings (SSSR count). The van der Waals surface area contributed by atoms with E-state index in [4.69, 9.17) is 4.74 Å². The summed E-state index contributed by atoms with van der Waals surface area (Å²) in [6.45, 7) is 5.05. The number of nitrogens with one attached hydrogen (secondary N) is 1. The summed E-state index contributed by atoms with van der Waals surface area (Å²) in [7, 11) is 0. The Morgan fingerprint density at radius 1 is 1.27 bits per heavy atom. The van der Waals surface area contributed by atoms with Crippen LogP contribution in [0.15, 0.2) is 28.7 Å². The molecular formula is C12H18BrNO. The molecule has 0 fully saturated rings. The van der Waals surface area contributed by atoms with Crippen LogP contribution in [0.4, 0.5) is 0 Å². The highest BCUT2D eigenvalue weighted by atomic mass is 79.9. The molecule has 0 aliphatic heterocycles. The van der Waals surface area contributed by atoms with E-state index in [-0.39, 0.29) is 0 Å². The molecule has 0 saturated carbocycles. The predicted molar refractivity (Wildman–Crippen MR) is 67.4 cm³/mol. The van der Waals surface area contributed by atoms with Crippen molar-refractivity contribution in [2.75, 3.05) is 19.7 Å². The Morgan fingerprint density at radius 3 is 2.80 bits per heavy atom. The van der Waals surface area contributed by atoms with Gasteiger partial charge in [-0.15, -0.1) is 0 Å². The molecule has 0 heterocycles. The fourth-order valence-electron chi connectivity index (χ4n) is 1.24. The Bertz CT molecular complexity index is 278. The molecule has 0 radical (unpaired) electrons. The van der Waals surface area contributed by atoms with Crippen molar-refractivity contribution >= 4 is 15.9 Å². The molecule has 84 valence electrons. The minimum Gasteiger partial charge on any atom is -0.492 e. The van der Waals surface area contributed by atoms with Gasteiger partial charge in [0.05, 0.1) is 11.1 Å². The number of para-hydroxylation sites is 1. The van der Waals surface area contributed by atoms with Gasteiger partial charge < -0.3 is 10.1 Å². The van der Waals surface area contributed by atoms with E-state index in [1.807, 2.05) is 24.3 Å². The Labute approximate surface area is 100 Å². The highest BCUT2D eigenvalue weighted by molar-refractivity contribution is 9.10. The fraction of sp³-hybridized carbons (Fsp3) is 0.500. The second-order valence-electron chi connectivity index (χ2n) is 3.38. The van der Waals surface area contributed by atoms with Crippen molar-refractivity contribution in [1.82, 2.24) is 5.32 Å². The Morgan fingerprint density at radius 2 is 2.07 bits per heavy atom. The number of hydrogen-bond acceptors (Lipinski definition) is 2. The zero-order valence-electron chi connectivity index (χ0n) is 9.13. The molecule has 1 aromatic rings. The van der Waals surface area contributed by atoms with Gasteiger partial charge in [0, 0.05) is 0 Å². The monoisotopic (exact) mass is 271 g/mol. The lowest BCUT2D eigenvalue weighted by molar-refractivity contribution is 0.306. The van der Waals surface area contributed by atoms with Gasteiger partial charge in [0.25, 0.3) is 0 Å². The van der Waals surface area contributed by atoms with Crippen LogP contribution in [0.5, 0.6) is 5.75 Å². The largest absolute Gasteiger partial charge is 0.492 e. The quantitative estimate of drug-likeness (QED) is 0.769. The summed E-state index contributed by atoms with van der Waals surface area (Å²) in [5, 5.41) is 3.34. The molecule has 0 spiro atoms. The summed E-state index contributed by atoms with van der Waals surface area (Å²) in [6, 6.07) is 7.93. The molecule has 0 aliphatic rings. The highest BCUT2D eigenvalue weighted by Crippen LogP contribution is 2.23. The maximum Gasteiger partial charge on any atom is 0.133 e. The van der Waals surface area contributed by atoms with E-state index in [2.05, 4.69) is 28.2 Å². The highest BCUT2D eigenvalue weighted by Gasteiger charge is 1.97. The fourth-order valence-corrected chi connectivity index (χ4v) is 1.64. The maximum atomic E-state index is 5.63. The molecule has 0 aliphatic carbocycles. The average molecular weight is 272 g/mol. The third-order valence-electron chi connectivity index (χ3n) is 2.02. The van der Waals surface area contributed by atoms with E-state index in [0.29, 0.717) is 0 Å². The summed E-state index contributed by atoms with van der Waals surface area (Å²) in [6.07, 6.45) is 2.23. The number of rotatable bonds is 7. The predicted octanol–water partition coefficient (Wildman–Crippen LogP) is 3.22. The van der Waals surface area contributed by atoms with Crippen LogP contribution < -0.4 is 10.1 Å². The standard InChI is InChI=1S/C12H18BrNO/c1-2-8-14-9-5-10-15-12-7-4-3-6-11(12)13/h3-4,6-7,14H,2,5,8-10H2,1H3. The second-order valence-corrected chi connectivity index (χ2v) is 4.24. The molecule has 1 N–H and O–H groups in total. The van der Waals surface area contributed by atoms with Gasteiger partial charge in [-0.25, -0.2) is 0 Å². The Hall–Kier alpha value is -0.540. The van der Waals surface area contributed by atoms with Gasteiger partial charge in [-0.3, -0.25) is 0 Å². The van der Waals surface area contributed by atoms with Crippen LogP contribution in [0.1, 0.15) is 19.8 Å². The van der Waals surface area contributed by atoms with Gasteiger partial charge in [-0.05, 0) is 54.0 Å². The van der Waals surface area contributed by atoms with Crippen molar-refractivity contribution in [2.45, 2.75) is 19.8 Å². The minimum atomic E-state index is 0.763. The minimum absolute atomic E-state index is 0.763. The van der Waals surface area contributed by atoms with Crippen LogP contribution in [-0.2, 0) is 0 Å². The molecule has 0 aromatic heterocycles. The first-order chi connectivity index (χ1) is 7.34. The van der Waals surface area contributed by atoms with Crippen LogP contribution in [0.25, 0.3) is 0 Å². The number of halogens is 1. The molecule has 15 heavy (non-hydrogen) atoms. The van der Waals surface area contributed by atoms with Crippen LogP contribution in [0.3, 0.4) is 0 Å². The lowest BCUT2D eigenvalue weighted by atomic mass is 10.3. The lowest BCUT2D eigenvalue weighted by Gasteiger charge is -2.08. The average Bonchev–Trinajstić information content (AvgIpc) is 2.25. The van der Waals surface area contributed by atoms with Crippen LogP contribution in [0.2, 0.25) is 0 Å². The molecule has 3 heteroatoms. The first kappa shape index (κ1) is 12.5. The third-order valence-corrected chi connectivity index (χ3v) is 2.67. The van der Waals surface area contributed by atoms with E-state index in [9.17, 15) is 0 Å². The molecule has 0 bridgehead atoms. The van der Waals surface area contributed by atoms with Crippen molar-refractivity contribution in [1.29, 1.82) is 0 Å². The van der Waals surface area contributed by atoms with Gasteiger partial charge in [0.15, 0.2) is 0 Å². The van der Waals surface area contributed by atoms with Gasteiger partial charge in [-0.1, -0.05) is 19.1 Å². The number of hydrogen-bond donors (Lipinski definition) is 1. The molecule has 1 aromatic carbocycles. The van der Waals surface area contributed by atoms with Gasteiger partial charge in [0.2, 0.25) is 0 Å². The third kappa shape index (κ3) is 5.19. The van der Waals surface area contributed by atoms with Gasteiger partial charge in [0.1, 0.15) is 5.75 Å². The summed E-state index contributed by atoms with van der Waals surface area (Å²) in [5.41, 5.74) is 0. The van der Waals surface area contributed by atoms with Crippen molar-refractivity contribution in [3.8, 4) is 5.75 Å². The number of benzene rings is 1. The molecule has 0 atom stereocenters. The Kier molecular flexibility index (Phi) is 6.44. The van der Waals surface area contributed by atoms with Crippen molar-refractivity contribution < 1.29 is 4.74 Å². The van der Waals surface area contributed by atoms with Crippen molar-refractivity contribution in [3.05, 3.63) is 28.7 Å². The van der Waals surface area contributed by atoms with Gasteiger partial charge in [-0.2, -0.15) is 0 Å². The van der Waals surface area contributed by atoms with E-state index in [1.54, 1.807) is 0 Å². The molecular weight excluding hydrogens is 254 g/mol. The first-order valence-electron chi connectivity index (χ1n) is 5.42. The zero-order chi connectivity index (χ0) is 10.9. The van der Waals surface area contributed by atoms with E-state index >= 15 is 0 Å². The van der Waals surface area contributed by atoms with Crippen LogP contribution >= 0.6 is 15.9 Å². The lowest BCUT2D eigenvalue weighted by Crippen LogP contribution is -2.18. The van der Waals surface area contributed by atoms with Crippen LogP contribution in [0, 0.1) is 0 Å². The van der Waals surface area contributed by atoms with Crippen molar-refractivity contribution in [3.63, 3.8) is 0 Å². The maximum absolute atomic E-state index is 5.63. The van der Waals surface area contributed by atoms with E-state index < -0.39 is 0 Å². The Balaban J connectivity index is 2.12. The van der Waals surface area contributed by atoms with E-state index in [0.717, 1.165) is 36.3 Å². The van der Waals surface area contributed by atoms with Gasteiger partial charge >= 0.3 is 0 Å². The van der Waals surface area contributed by atoms with E-state index in [1.165, 1.54) is 6.42 Å². The smallest absolute Gasteiger partial charge is 0.133 e. The summed E-state index contributed by atoms with van der Waals surface area (Å²) in [4.78, 5) is 0. The summed E-state index contributed by atoms with van der Waals surface area (Å²) < 4.78 is 6.65. The van der Waals surface area contributed by atoms with Crippen LogP contribution in [-0.4, -0.2) is 19.7 Å². The second kappa shape index (κ2) is 7.71. The summed E-state index contributed by atoms with van der Waals surface area (Å²) in [5.74, 6) is 0.924. The first-order valence-corrected chi connectivity index (χ1v) is 6.22. The summed E-state index contributed by atoms with van der Waals surface area (Å²) >= 11 is 3.45. The normalized spacial score (nSPS) is 10.3. The molecule has 2 nitrogen and oxygen atoms in total. The zero-order valence-corrected chi connectivity index (χ0v) is 10.7. The molecule has 0 saturated heterocycles. The number of ether oxygens (including phenoxy) is 1. The van der Waals surface area contributed by atoms with Crippen molar-refractivity contribution in [2.24, 2.45) is 0 Å². The molecule has 0 unspecified atom stereocenters. The molecule has 0 amide bonds.